The highest BCUT2D eigenvalue weighted by Gasteiger charge is 2.31. The molecule has 0 amide bonds. The van der Waals surface area contributed by atoms with Gasteiger partial charge in [-0.15, -0.1) is 11.3 Å². The Hall–Kier alpha value is -0.490. The molecule has 1 aliphatic rings. The molecule has 2 rings (SSSR count). The summed E-state index contributed by atoms with van der Waals surface area (Å²) >= 11 is 1.76. The Kier molecular flexibility index (Phi) is 5.77. The summed E-state index contributed by atoms with van der Waals surface area (Å²) < 4.78 is 5.95. The van der Waals surface area contributed by atoms with Gasteiger partial charge in [-0.1, -0.05) is 13.8 Å². The number of nitrogens with zero attached hydrogens (tertiary/aromatic N) is 2. The van der Waals surface area contributed by atoms with Crippen molar-refractivity contribution in [1.29, 1.82) is 0 Å². The van der Waals surface area contributed by atoms with Gasteiger partial charge in [0.15, 0.2) is 0 Å². The number of hydrogen-bond donors (Lipinski definition) is 1. The van der Waals surface area contributed by atoms with Gasteiger partial charge in [-0.05, 0) is 33.2 Å². The van der Waals surface area contributed by atoms with E-state index >= 15 is 0 Å². The van der Waals surface area contributed by atoms with Gasteiger partial charge < -0.3 is 10.1 Å². The summed E-state index contributed by atoms with van der Waals surface area (Å²) in [5.74, 6) is 0.682. The molecule has 0 spiro atoms. The number of rotatable bonds is 6. The number of hydrogen-bond acceptors (Lipinski definition) is 5. The molecule has 1 unspecified atom stereocenters. The average molecular weight is 311 g/mol. The van der Waals surface area contributed by atoms with E-state index in [4.69, 9.17) is 9.72 Å². The van der Waals surface area contributed by atoms with Crippen LogP contribution < -0.4 is 5.32 Å². The molecule has 1 aromatic heterocycles. The first kappa shape index (κ1) is 16.9. The number of nitrogens with one attached hydrogen (secondary N) is 1. The maximum atomic E-state index is 5.95. The van der Waals surface area contributed by atoms with E-state index in [-0.39, 0.29) is 5.60 Å². The lowest BCUT2D eigenvalue weighted by atomic mass is 10.1. The van der Waals surface area contributed by atoms with Crippen LogP contribution >= 0.6 is 11.3 Å². The minimum Gasteiger partial charge on any atom is -0.370 e. The standard InChI is InChI=1S/C16H29N3OS/c1-12(2)6-17-7-15-18-14(10-21-15)9-19-8-13(3)20-16(4,5)11-19/h10,12-13,17H,6-9,11H2,1-5H3. The summed E-state index contributed by atoms with van der Waals surface area (Å²) in [6, 6.07) is 0. The molecule has 1 aliphatic heterocycles. The topological polar surface area (TPSA) is 37.4 Å². The number of morpholine rings is 1. The average Bonchev–Trinajstić information content (AvgIpc) is 2.73. The van der Waals surface area contributed by atoms with E-state index in [1.165, 1.54) is 10.7 Å². The third-order valence-electron chi connectivity index (χ3n) is 3.45. The Morgan fingerprint density at radius 2 is 2.29 bits per heavy atom. The molecule has 0 saturated carbocycles. The van der Waals surface area contributed by atoms with Gasteiger partial charge in [-0.2, -0.15) is 0 Å². The zero-order chi connectivity index (χ0) is 15.5. The lowest BCUT2D eigenvalue weighted by Crippen LogP contribution is -2.51. The van der Waals surface area contributed by atoms with Crippen LogP contribution in [0, 0.1) is 5.92 Å². The summed E-state index contributed by atoms with van der Waals surface area (Å²) in [6.07, 6.45) is 0.291. The number of ether oxygens (including phenoxy) is 1. The molecule has 0 radical (unpaired) electrons. The maximum Gasteiger partial charge on any atom is 0.107 e. The smallest absolute Gasteiger partial charge is 0.107 e. The van der Waals surface area contributed by atoms with E-state index in [1.54, 1.807) is 11.3 Å². The van der Waals surface area contributed by atoms with Crippen molar-refractivity contribution in [2.24, 2.45) is 5.92 Å². The van der Waals surface area contributed by atoms with Crippen LogP contribution in [0.3, 0.4) is 0 Å². The molecule has 2 heterocycles. The van der Waals surface area contributed by atoms with Crippen molar-refractivity contribution >= 4 is 11.3 Å². The molecular weight excluding hydrogens is 282 g/mol. The van der Waals surface area contributed by atoms with Crippen molar-refractivity contribution in [1.82, 2.24) is 15.2 Å². The van der Waals surface area contributed by atoms with Gasteiger partial charge in [0.1, 0.15) is 5.01 Å². The molecular formula is C16H29N3OS. The molecule has 1 fully saturated rings. The van der Waals surface area contributed by atoms with Crippen molar-refractivity contribution in [2.75, 3.05) is 19.6 Å². The highest BCUT2D eigenvalue weighted by Crippen LogP contribution is 2.22. The van der Waals surface area contributed by atoms with Gasteiger partial charge in [-0.3, -0.25) is 4.90 Å². The second kappa shape index (κ2) is 7.18. The van der Waals surface area contributed by atoms with Gasteiger partial charge in [0, 0.05) is 31.6 Å². The molecule has 0 bridgehead atoms. The first-order valence-corrected chi connectivity index (χ1v) is 8.76. The van der Waals surface area contributed by atoms with Crippen LogP contribution in [0.2, 0.25) is 0 Å². The van der Waals surface area contributed by atoms with Gasteiger partial charge >= 0.3 is 0 Å². The molecule has 5 heteroatoms. The Morgan fingerprint density at radius 3 is 2.95 bits per heavy atom. The van der Waals surface area contributed by atoms with Crippen LogP contribution in [-0.4, -0.2) is 41.2 Å². The van der Waals surface area contributed by atoms with Crippen molar-refractivity contribution < 1.29 is 4.74 Å². The maximum absolute atomic E-state index is 5.95. The Balaban J connectivity index is 1.84. The first-order chi connectivity index (χ1) is 9.84. The van der Waals surface area contributed by atoms with Crippen molar-refractivity contribution in [3.05, 3.63) is 16.1 Å². The summed E-state index contributed by atoms with van der Waals surface area (Å²) in [5, 5.41) is 6.83. The molecule has 1 saturated heterocycles. The van der Waals surface area contributed by atoms with Crippen LogP contribution in [0.1, 0.15) is 45.3 Å². The predicted molar refractivity (Wildman–Crippen MR) is 88.6 cm³/mol. The SMILES string of the molecule is CC(C)CNCc1nc(CN2CC(C)OC(C)(C)C2)cs1. The highest BCUT2D eigenvalue weighted by atomic mass is 32.1. The van der Waals surface area contributed by atoms with E-state index in [1.807, 2.05) is 0 Å². The van der Waals surface area contributed by atoms with Crippen molar-refractivity contribution in [3.63, 3.8) is 0 Å². The monoisotopic (exact) mass is 311 g/mol. The third kappa shape index (κ3) is 5.66. The van der Waals surface area contributed by atoms with E-state index in [0.717, 1.165) is 32.7 Å². The predicted octanol–water partition coefficient (Wildman–Crippen LogP) is 2.89. The highest BCUT2D eigenvalue weighted by molar-refractivity contribution is 7.09. The van der Waals surface area contributed by atoms with Gasteiger partial charge in [0.25, 0.3) is 0 Å². The summed E-state index contributed by atoms with van der Waals surface area (Å²) in [7, 11) is 0. The minimum atomic E-state index is -0.0602. The Bertz CT molecular complexity index is 444. The van der Waals surface area contributed by atoms with E-state index in [0.29, 0.717) is 12.0 Å². The summed E-state index contributed by atoms with van der Waals surface area (Å²) in [5.41, 5.74) is 1.13. The molecule has 1 aromatic rings. The second-order valence-electron chi connectivity index (χ2n) is 7.12. The van der Waals surface area contributed by atoms with E-state index in [2.05, 4.69) is 50.2 Å². The fourth-order valence-electron chi connectivity index (χ4n) is 2.91. The molecule has 21 heavy (non-hydrogen) atoms. The van der Waals surface area contributed by atoms with Crippen LogP contribution in [0.5, 0.6) is 0 Å². The van der Waals surface area contributed by atoms with Gasteiger partial charge in [0.05, 0.1) is 17.4 Å². The quantitative estimate of drug-likeness (QED) is 0.876. The molecule has 1 N–H and O–H groups in total. The first-order valence-electron chi connectivity index (χ1n) is 7.88. The van der Waals surface area contributed by atoms with Gasteiger partial charge in [-0.25, -0.2) is 4.98 Å². The van der Waals surface area contributed by atoms with Crippen LogP contribution in [0.25, 0.3) is 0 Å². The normalized spacial score (nSPS) is 22.9. The zero-order valence-electron chi connectivity index (χ0n) is 14.0. The van der Waals surface area contributed by atoms with Crippen LogP contribution in [-0.2, 0) is 17.8 Å². The van der Waals surface area contributed by atoms with Crippen molar-refractivity contribution in [3.8, 4) is 0 Å². The van der Waals surface area contributed by atoms with Crippen LogP contribution in [0.4, 0.5) is 0 Å². The van der Waals surface area contributed by atoms with E-state index in [9.17, 15) is 0 Å². The van der Waals surface area contributed by atoms with E-state index < -0.39 is 0 Å². The van der Waals surface area contributed by atoms with Gasteiger partial charge in [0.2, 0.25) is 0 Å². The Labute approximate surface area is 132 Å². The summed E-state index contributed by atoms with van der Waals surface area (Å²) in [6.45, 7) is 15.7. The lowest BCUT2D eigenvalue weighted by Gasteiger charge is -2.41. The summed E-state index contributed by atoms with van der Waals surface area (Å²) in [4.78, 5) is 7.20. The van der Waals surface area contributed by atoms with Crippen LogP contribution in [0.15, 0.2) is 5.38 Å². The molecule has 1 atom stereocenters. The fourth-order valence-corrected chi connectivity index (χ4v) is 3.66. The molecule has 4 nitrogen and oxygen atoms in total. The third-order valence-corrected chi connectivity index (χ3v) is 4.35. The zero-order valence-corrected chi connectivity index (χ0v) is 14.8. The van der Waals surface area contributed by atoms with Crippen molar-refractivity contribution in [2.45, 2.75) is 59.4 Å². The largest absolute Gasteiger partial charge is 0.370 e. The number of aromatic nitrogens is 1. The minimum absolute atomic E-state index is 0.0602. The molecule has 0 aromatic carbocycles. The second-order valence-corrected chi connectivity index (χ2v) is 8.06. The fraction of sp³-hybridized carbons (Fsp3) is 0.812. The molecule has 0 aliphatic carbocycles. The molecule has 120 valence electrons. The number of thiazole rings is 1. The Morgan fingerprint density at radius 1 is 1.52 bits per heavy atom. The lowest BCUT2D eigenvalue weighted by molar-refractivity contribution is -0.130.